The number of hydrogen-bond acceptors (Lipinski definition) is 10. The summed E-state index contributed by atoms with van der Waals surface area (Å²) in [5.41, 5.74) is 1.04. The highest BCUT2D eigenvalue weighted by atomic mass is 35.5. The van der Waals surface area contributed by atoms with Gasteiger partial charge >= 0.3 is 6.01 Å². The van der Waals surface area contributed by atoms with Crippen LogP contribution in [0.2, 0.25) is 10.0 Å². The maximum absolute atomic E-state index is 9.58. The third-order valence-electron chi connectivity index (χ3n) is 4.98. The van der Waals surface area contributed by atoms with Gasteiger partial charge < -0.3 is 28.2 Å². The van der Waals surface area contributed by atoms with Gasteiger partial charge in [0.2, 0.25) is 11.8 Å². The summed E-state index contributed by atoms with van der Waals surface area (Å²) in [6, 6.07) is 11.7. The normalized spacial score (nSPS) is 10.5. The van der Waals surface area contributed by atoms with Crippen molar-refractivity contribution in [1.82, 2.24) is 19.9 Å². The Balaban J connectivity index is 0.000000204. The van der Waals surface area contributed by atoms with Crippen LogP contribution in [0.25, 0.3) is 22.6 Å². The maximum atomic E-state index is 9.58. The monoisotopic (exact) mass is 556 g/mol. The number of oxazole rings is 2. The zero-order chi connectivity index (χ0) is 27.2. The Morgan fingerprint density at radius 2 is 1.29 bits per heavy atom. The van der Waals surface area contributed by atoms with Crippen molar-refractivity contribution in [2.45, 2.75) is 13.8 Å². The smallest absolute Gasteiger partial charge is 0.328 e. The standard InChI is InChI=1S/C16H14ClN3O4.C10H8ClNO2/c1-9-18-8-12(23-9)15-10(17)5-4-6-11(15)24-16-19-13(21-2)7-14(20-16)22-3;1-6-12-5-9(14-6)10-7(11)3-2-4-8(10)13/h4-8H,1-3H3;2-5,13H,1H3. The highest BCUT2D eigenvalue weighted by molar-refractivity contribution is 6.34. The summed E-state index contributed by atoms with van der Waals surface area (Å²) in [6.07, 6.45) is 3.12. The number of halogens is 2. The third-order valence-corrected chi connectivity index (χ3v) is 5.61. The lowest BCUT2D eigenvalue weighted by Gasteiger charge is -2.11. The molecule has 0 saturated carbocycles. The number of hydrogen-bond donors (Lipinski definition) is 1. The molecule has 0 aliphatic heterocycles. The number of benzene rings is 2. The zero-order valence-electron chi connectivity index (χ0n) is 20.7. The molecule has 0 radical (unpaired) electrons. The van der Waals surface area contributed by atoms with Crippen LogP contribution in [0.3, 0.4) is 0 Å². The van der Waals surface area contributed by atoms with Crippen LogP contribution < -0.4 is 14.2 Å². The van der Waals surface area contributed by atoms with Crippen LogP contribution in [-0.2, 0) is 0 Å². The number of rotatable bonds is 6. The van der Waals surface area contributed by atoms with Crippen LogP contribution in [0, 0.1) is 13.8 Å². The van der Waals surface area contributed by atoms with Crippen LogP contribution >= 0.6 is 23.2 Å². The molecule has 38 heavy (non-hydrogen) atoms. The van der Waals surface area contributed by atoms with Gasteiger partial charge in [-0.15, -0.1) is 0 Å². The van der Waals surface area contributed by atoms with Gasteiger partial charge in [-0.05, 0) is 24.3 Å². The van der Waals surface area contributed by atoms with Crippen molar-refractivity contribution in [3.63, 3.8) is 0 Å². The van der Waals surface area contributed by atoms with E-state index < -0.39 is 0 Å². The number of aromatic nitrogens is 4. The Morgan fingerprint density at radius 3 is 1.79 bits per heavy atom. The van der Waals surface area contributed by atoms with Gasteiger partial charge in [-0.3, -0.25) is 0 Å². The van der Waals surface area contributed by atoms with Gasteiger partial charge in [0, 0.05) is 13.8 Å². The molecular formula is C26H22Cl2N4O6. The van der Waals surface area contributed by atoms with E-state index in [-0.39, 0.29) is 11.8 Å². The van der Waals surface area contributed by atoms with Crippen molar-refractivity contribution < 1.29 is 28.2 Å². The molecule has 5 aromatic rings. The highest BCUT2D eigenvalue weighted by Crippen LogP contribution is 2.39. The third kappa shape index (κ3) is 6.16. The van der Waals surface area contributed by atoms with E-state index in [0.29, 0.717) is 62.0 Å². The molecule has 0 bridgehead atoms. The molecular weight excluding hydrogens is 535 g/mol. The maximum Gasteiger partial charge on any atom is 0.328 e. The van der Waals surface area contributed by atoms with E-state index >= 15 is 0 Å². The Hall–Kier alpha value is -4.28. The fraction of sp³-hybridized carbons (Fsp3) is 0.154. The highest BCUT2D eigenvalue weighted by Gasteiger charge is 2.17. The average molecular weight is 557 g/mol. The van der Waals surface area contributed by atoms with Gasteiger partial charge in [0.1, 0.15) is 11.5 Å². The number of phenols is 1. The Morgan fingerprint density at radius 1 is 0.763 bits per heavy atom. The van der Waals surface area contributed by atoms with Crippen molar-refractivity contribution in [2.75, 3.05) is 14.2 Å². The molecule has 10 nitrogen and oxygen atoms in total. The van der Waals surface area contributed by atoms with Gasteiger partial charge in [0.25, 0.3) is 0 Å². The van der Waals surface area contributed by atoms with E-state index in [4.69, 9.17) is 46.2 Å². The van der Waals surface area contributed by atoms with Crippen molar-refractivity contribution >= 4 is 23.2 Å². The zero-order valence-corrected chi connectivity index (χ0v) is 22.2. The predicted octanol–water partition coefficient (Wildman–Crippen LogP) is 6.91. The van der Waals surface area contributed by atoms with Crippen LogP contribution in [0.15, 0.2) is 63.7 Å². The first kappa shape index (κ1) is 26.8. The lowest BCUT2D eigenvalue weighted by Crippen LogP contribution is -1.98. The predicted molar refractivity (Wildman–Crippen MR) is 140 cm³/mol. The van der Waals surface area contributed by atoms with Gasteiger partial charge in [0.15, 0.2) is 23.3 Å². The second-order valence-corrected chi connectivity index (χ2v) is 8.39. The molecule has 0 fully saturated rings. The minimum atomic E-state index is 0.0611. The van der Waals surface area contributed by atoms with Crippen molar-refractivity contribution in [1.29, 1.82) is 0 Å². The number of nitrogens with zero attached hydrogens (tertiary/aromatic N) is 4. The number of methoxy groups -OCH3 is 2. The SMILES string of the molecule is COc1cc(OC)nc(Oc2cccc(Cl)c2-c2cnc(C)o2)n1.Cc1ncc(-c2c(O)cccc2Cl)o1. The van der Waals surface area contributed by atoms with Gasteiger partial charge in [-0.1, -0.05) is 35.3 Å². The van der Waals surface area contributed by atoms with Crippen molar-refractivity contribution in [3.8, 4) is 51.9 Å². The molecule has 0 aliphatic rings. The van der Waals surface area contributed by atoms with Crippen LogP contribution in [0.1, 0.15) is 11.8 Å². The molecule has 12 heteroatoms. The number of aromatic hydroxyl groups is 1. The Kier molecular flexibility index (Phi) is 8.35. The summed E-state index contributed by atoms with van der Waals surface area (Å²) in [4.78, 5) is 16.3. The minimum Gasteiger partial charge on any atom is -0.507 e. The fourth-order valence-electron chi connectivity index (χ4n) is 3.28. The lowest BCUT2D eigenvalue weighted by molar-refractivity contribution is 0.348. The molecule has 0 unspecified atom stereocenters. The largest absolute Gasteiger partial charge is 0.507 e. The summed E-state index contributed by atoms with van der Waals surface area (Å²) in [5, 5.41) is 10.5. The van der Waals surface area contributed by atoms with E-state index in [1.54, 1.807) is 62.5 Å². The summed E-state index contributed by atoms with van der Waals surface area (Å²) in [6.45, 7) is 3.48. The minimum absolute atomic E-state index is 0.0611. The molecule has 2 aromatic carbocycles. The molecule has 1 N–H and O–H groups in total. The second kappa shape index (κ2) is 11.8. The summed E-state index contributed by atoms with van der Waals surface area (Å²) in [7, 11) is 2.99. The fourth-order valence-corrected chi connectivity index (χ4v) is 3.80. The van der Waals surface area contributed by atoms with E-state index in [2.05, 4.69) is 19.9 Å². The lowest BCUT2D eigenvalue weighted by atomic mass is 10.1. The van der Waals surface area contributed by atoms with Crippen LogP contribution in [0.5, 0.6) is 29.3 Å². The van der Waals surface area contributed by atoms with E-state index in [1.165, 1.54) is 20.4 Å². The van der Waals surface area contributed by atoms with Crippen molar-refractivity contribution in [3.05, 3.63) is 76.7 Å². The molecule has 0 aliphatic carbocycles. The molecule has 0 amide bonds. The molecule has 196 valence electrons. The molecule has 3 heterocycles. The summed E-state index contributed by atoms with van der Waals surface area (Å²) >= 11 is 12.2. The van der Waals surface area contributed by atoms with Gasteiger partial charge in [0.05, 0.1) is 53.9 Å². The van der Waals surface area contributed by atoms with Crippen LogP contribution in [0.4, 0.5) is 0 Å². The first-order chi connectivity index (χ1) is 18.3. The molecule has 3 aromatic heterocycles. The number of aryl methyl sites for hydroxylation is 2. The van der Waals surface area contributed by atoms with Gasteiger partial charge in [-0.2, -0.15) is 9.97 Å². The Bertz CT molecular complexity index is 1510. The van der Waals surface area contributed by atoms with E-state index in [0.717, 1.165) is 0 Å². The molecule has 5 rings (SSSR count). The molecule has 0 atom stereocenters. The second-order valence-electron chi connectivity index (χ2n) is 7.57. The summed E-state index contributed by atoms with van der Waals surface area (Å²) < 4.78 is 26.8. The van der Waals surface area contributed by atoms with E-state index in [9.17, 15) is 5.11 Å². The topological polar surface area (TPSA) is 126 Å². The molecule has 0 saturated heterocycles. The first-order valence-electron chi connectivity index (χ1n) is 11.1. The van der Waals surface area contributed by atoms with Crippen LogP contribution in [-0.4, -0.2) is 39.3 Å². The van der Waals surface area contributed by atoms with Gasteiger partial charge in [-0.25, -0.2) is 9.97 Å². The van der Waals surface area contributed by atoms with Crippen molar-refractivity contribution in [2.24, 2.45) is 0 Å². The average Bonchev–Trinajstić information content (AvgIpc) is 3.52. The first-order valence-corrected chi connectivity index (χ1v) is 11.8. The van der Waals surface area contributed by atoms with E-state index in [1.807, 2.05) is 0 Å². The molecule has 0 spiro atoms. The number of ether oxygens (including phenoxy) is 3. The number of phenolic OH excluding ortho intramolecular Hbond substituents is 1. The Labute approximate surface area is 227 Å². The summed E-state index contributed by atoms with van der Waals surface area (Å²) in [5.74, 6) is 3.18. The quantitative estimate of drug-likeness (QED) is 0.235.